The molecule has 2 N–H and O–H groups in total. The first-order valence-electron chi connectivity index (χ1n) is 5.53. The number of carbonyl (C=O) groups excluding carboxylic acids is 1. The molecule has 104 valence electrons. The molecule has 0 aliphatic rings. The Kier molecular flexibility index (Phi) is 6.68. The number of nitrogens with one attached hydrogen (secondary N) is 1. The largest absolute Gasteiger partial charge is 0.480 e. The van der Waals surface area contributed by atoms with Gasteiger partial charge in [0.25, 0.3) is 0 Å². The molecule has 0 spiro atoms. The van der Waals surface area contributed by atoms with Gasteiger partial charge in [0.1, 0.15) is 5.25 Å². The summed E-state index contributed by atoms with van der Waals surface area (Å²) < 4.78 is 0.821. The normalized spacial score (nSPS) is 11.9. The van der Waals surface area contributed by atoms with Gasteiger partial charge in [0.2, 0.25) is 5.91 Å². The van der Waals surface area contributed by atoms with Crippen LogP contribution in [-0.2, 0) is 9.59 Å². The average Bonchev–Trinajstić information content (AvgIpc) is 2.33. The quantitative estimate of drug-likeness (QED) is 0.806. The van der Waals surface area contributed by atoms with E-state index in [0.717, 1.165) is 16.2 Å². The molecule has 0 radical (unpaired) electrons. The Bertz CT molecular complexity index is 484. The van der Waals surface area contributed by atoms with Crippen LogP contribution in [0.3, 0.4) is 0 Å². The van der Waals surface area contributed by atoms with Crippen molar-refractivity contribution in [1.82, 2.24) is 0 Å². The van der Waals surface area contributed by atoms with Crippen LogP contribution in [0, 0.1) is 0 Å². The van der Waals surface area contributed by atoms with Gasteiger partial charge in [-0.05, 0) is 24.6 Å². The van der Waals surface area contributed by atoms with Gasteiger partial charge in [-0.25, -0.2) is 0 Å². The molecule has 1 atom stereocenters. The highest BCUT2D eigenvalue weighted by Crippen LogP contribution is 2.26. The van der Waals surface area contributed by atoms with Crippen LogP contribution in [0.2, 0.25) is 5.02 Å². The molecule has 1 aromatic rings. The van der Waals surface area contributed by atoms with Crippen LogP contribution in [0.15, 0.2) is 22.7 Å². The van der Waals surface area contributed by atoms with Crippen molar-refractivity contribution in [2.45, 2.75) is 18.6 Å². The van der Waals surface area contributed by atoms with Crippen molar-refractivity contribution < 1.29 is 14.7 Å². The fourth-order valence-electron chi connectivity index (χ4n) is 1.32. The van der Waals surface area contributed by atoms with Crippen LogP contribution in [0.25, 0.3) is 0 Å². The van der Waals surface area contributed by atoms with Gasteiger partial charge in [0.05, 0.1) is 16.5 Å². The Morgan fingerprint density at radius 1 is 1.53 bits per heavy atom. The van der Waals surface area contributed by atoms with E-state index >= 15 is 0 Å². The van der Waals surface area contributed by atoms with Crippen molar-refractivity contribution in [2.75, 3.05) is 11.1 Å². The van der Waals surface area contributed by atoms with Crippen molar-refractivity contribution in [3.8, 4) is 0 Å². The lowest BCUT2D eigenvalue weighted by molar-refractivity contribution is -0.136. The summed E-state index contributed by atoms with van der Waals surface area (Å²) >= 11 is 10.3. The number of hydrogen-bond donors (Lipinski definition) is 2. The maximum absolute atomic E-state index is 11.7. The number of carboxylic acids is 1. The van der Waals surface area contributed by atoms with Crippen LogP contribution in [0.1, 0.15) is 13.3 Å². The molecule has 0 aliphatic carbocycles. The van der Waals surface area contributed by atoms with Crippen molar-refractivity contribution in [2.24, 2.45) is 0 Å². The first kappa shape index (κ1) is 16.3. The molecule has 0 saturated carbocycles. The van der Waals surface area contributed by atoms with Gasteiger partial charge in [0, 0.05) is 4.47 Å². The van der Waals surface area contributed by atoms with Crippen LogP contribution in [0.4, 0.5) is 5.69 Å². The minimum atomic E-state index is -0.901. The summed E-state index contributed by atoms with van der Waals surface area (Å²) in [5.74, 6) is -1.09. The molecule has 19 heavy (non-hydrogen) atoms. The molecular weight excluding hydrogens is 354 g/mol. The van der Waals surface area contributed by atoms with E-state index in [0.29, 0.717) is 17.1 Å². The Hall–Kier alpha value is -0.720. The van der Waals surface area contributed by atoms with Gasteiger partial charge < -0.3 is 10.4 Å². The molecule has 1 amide bonds. The molecule has 0 bridgehead atoms. The third-order valence-corrected chi connectivity index (χ3v) is 4.44. The van der Waals surface area contributed by atoms with Crippen molar-refractivity contribution in [1.29, 1.82) is 0 Å². The monoisotopic (exact) mass is 365 g/mol. The lowest BCUT2D eigenvalue weighted by Crippen LogP contribution is -2.21. The van der Waals surface area contributed by atoms with E-state index < -0.39 is 11.2 Å². The zero-order chi connectivity index (χ0) is 14.4. The van der Waals surface area contributed by atoms with Crippen LogP contribution in [-0.4, -0.2) is 28.0 Å². The van der Waals surface area contributed by atoms with Gasteiger partial charge in [-0.15, -0.1) is 11.8 Å². The molecule has 4 nitrogen and oxygen atoms in total. The average molecular weight is 367 g/mol. The molecule has 1 rings (SSSR count). The lowest BCUT2D eigenvalue weighted by Gasteiger charge is -2.10. The van der Waals surface area contributed by atoms with Crippen LogP contribution >= 0.6 is 39.3 Å². The summed E-state index contributed by atoms with van der Waals surface area (Å²) in [7, 11) is 0. The van der Waals surface area contributed by atoms with E-state index in [1.807, 2.05) is 0 Å². The fourth-order valence-corrected chi connectivity index (χ4v) is 2.84. The maximum Gasteiger partial charge on any atom is 0.316 e. The highest BCUT2D eigenvalue weighted by atomic mass is 79.9. The first-order chi connectivity index (χ1) is 8.93. The molecule has 0 heterocycles. The van der Waals surface area contributed by atoms with E-state index in [4.69, 9.17) is 16.7 Å². The summed E-state index contributed by atoms with van der Waals surface area (Å²) in [5.41, 5.74) is 0.513. The second-order valence-electron chi connectivity index (χ2n) is 3.72. The second kappa shape index (κ2) is 7.77. The van der Waals surface area contributed by atoms with Crippen molar-refractivity contribution in [3.05, 3.63) is 27.7 Å². The number of rotatable bonds is 6. The zero-order valence-corrected chi connectivity index (χ0v) is 13.3. The van der Waals surface area contributed by atoms with E-state index in [-0.39, 0.29) is 11.7 Å². The first-order valence-corrected chi connectivity index (χ1v) is 7.75. The van der Waals surface area contributed by atoms with E-state index in [1.54, 1.807) is 25.1 Å². The number of amides is 1. The maximum atomic E-state index is 11.7. The second-order valence-corrected chi connectivity index (χ2v) is 6.23. The summed E-state index contributed by atoms with van der Waals surface area (Å²) in [5, 5.41) is 11.4. The number of benzene rings is 1. The number of carboxylic acid groups (broad SMARTS) is 1. The van der Waals surface area contributed by atoms with Crippen molar-refractivity contribution >= 4 is 56.9 Å². The molecule has 1 aromatic carbocycles. The molecule has 0 aliphatic heterocycles. The van der Waals surface area contributed by atoms with Crippen LogP contribution in [0.5, 0.6) is 0 Å². The number of thioether (sulfide) groups is 1. The number of hydrogen-bond acceptors (Lipinski definition) is 3. The third-order valence-electron chi connectivity index (χ3n) is 2.27. The Balaban J connectivity index is 2.53. The summed E-state index contributed by atoms with van der Waals surface area (Å²) in [6.45, 7) is 1.77. The Morgan fingerprint density at radius 3 is 2.74 bits per heavy atom. The standard InChI is InChI=1S/C12H13BrClNO3S/c1-2-10(12(17)18)19-6-11(16)15-9-4-3-7(13)5-8(9)14/h3-5,10H,2,6H2,1H3,(H,15,16)(H,17,18). The van der Waals surface area contributed by atoms with Gasteiger partial charge in [-0.3, -0.25) is 9.59 Å². The summed E-state index contributed by atoms with van der Waals surface area (Å²) in [6, 6.07) is 5.13. The smallest absolute Gasteiger partial charge is 0.316 e. The van der Waals surface area contributed by atoms with E-state index in [9.17, 15) is 9.59 Å². The lowest BCUT2D eigenvalue weighted by atomic mass is 10.3. The van der Waals surface area contributed by atoms with E-state index in [1.165, 1.54) is 0 Å². The molecule has 7 heteroatoms. The molecule has 0 aromatic heterocycles. The molecule has 1 unspecified atom stereocenters. The van der Waals surface area contributed by atoms with Gasteiger partial charge >= 0.3 is 5.97 Å². The molecule has 0 fully saturated rings. The summed E-state index contributed by atoms with van der Waals surface area (Å²) in [4.78, 5) is 22.5. The number of anilines is 1. The molecule has 0 saturated heterocycles. The highest BCUT2D eigenvalue weighted by molar-refractivity contribution is 9.10. The highest BCUT2D eigenvalue weighted by Gasteiger charge is 2.17. The Morgan fingerprint density at radius 2 is 2.21 bits per heavy atom. The Labute approximate surface area is 129 Å². The fraction of sp³-hybridized carbons (Fsp3) is 0.333. The van der Waals surface area contributed by atoms with E-state index in [2.05, 4.69) is 21.2 Å². The third kappa shape index (κ3) is 5.42. The number of halogens is 2. The predicted molar refractivity (Wildman–Crippen MR) is 82.0 cm³/mol. The van der Waals surface area contributed by atoms with Gasteiger partial charge in [-0.2, -0.15) is 0 Å². The number of aliphatic carboxylic acids is 1. The van der Waals surface area contributed by atoms with Gasteiger partial charge in [0.15, 0.2) is 0 Å². The molecular formula is C12H13BrClNO3S. The number of carbonyl (C=O) groups is 2. The van der Waals surface area contributed by atoms with Gasteiger partial charge in [-0.1, -0.05) is 34.5 Å². The van der Waals surface area contributed by atoms with Crippen molar-refractivity contribution in [3.63, 3.8) is 0 Å². The predicted octanol–water partition coefficient (Wildman–Crippen LogP) is 3.64. The zero-order valence-electron chi connectivity index (χ0n) is 10.2. The van der Waals surface area contributed by atoms with Crippen LogP contribution < -0.4 is 5.32 Å². The SMILES string of the molecule is CCC(SCC(=O)Nc1ccc(Br)cc1Cl)C(=O)O. The minimum Gasteiger partial charge on any atom is -0.480 e. The summed E-state index contributed by atoms with van der Waals surface area (Å²) in [6.07, 6.45) is 0.478. The topological polar surface area (TPSA) is 66.4 Å². The minimum absolute atomic E-state index is 0.0806.